The van der Waals surface area contributed by atoms with Crippen LogP contribution in [0.4, 0.5) is 5.69 Å². The lowest BCUT2D eigenvalue weighted by molar-refractivity contribution is 0.221. The van der Waals surface area contributed by atoms with Gasteiger partial charge in [0, 0.05) is 58.7 Å². The third-order valence-electron chi connectivity index (χ3n) is 5.56. The molecule has 0 N–H and O–H groups in total. The van der Waals surface area contributed by atoms with E-state index >= 15 is 0 Å². The van der Waals surface area contributed by atoms with Gasteiger partial charge in [-0.3, -0.25) is 4.90 Å². The van der Waals surface area contributed by atoms with E-state index in [1.165, 1.54) is 28.1 Å². The van der Waals surface area contributed by atoms with Crippen molar-refractivity contribution < 1.29 is 0 Å². The van der Waals surface area contributed by atoms with Crippen molar-refractivity contribution in [2.24, 2.45) is 0 Å². The van der Waals surface area contributed by atoms with E-state index in [2.05, 4.69) is 130 Å². The molecule has 0 aliphatic rings. The normalized spacial score (nSPS) is 13.3. The Balaban J connectivity index is 2.29. The van der Waals surface area contributed by atoms with Gasteiger partial charge in [-0.15, -0.1) is 0 Å². The third kappa shape index (κ3) is 6.93. The van der Waals surface area contributed by atoms with Crippen molar-refractivity contribution in [2.45, 2.75) is 26.4 Å². The zero-order valence-corrected chi connectivity index (χ0v) is 19.5. The molecule has 0 saturated heterocycles. The first-order valence-corrected chi connectivity index (χ1v) is 10.5. The van der Waals surface area contributed by atoms with Crippen LogP contribution < -0.4 is 4.90 Å². The lowest BCUT2D eigenvalue weighted by Gasteiger charge is -2.30. The first-order valence-electron chi connectivity index (χ1n) is 10.5. The van der Waals surface area contributed by atoms with Gasteiger partial charge in [-0.05, 0) is 48.8 Å². The fourth-order valence-corrected chi connectivity index (χ4v) is 3.20. The van der Waals surface area contributed by atoms with Gasteiger partial charge in [-0.25, -0.2) is 0 Å². The molecular formula is C27H37N3. The molecule has 30 heavy (non-hydrogen) atoms. The van der Waals surface area contributed by atoms with E-state index in [4.69, 9.17) is 0 Å². The summed E-state index contributed by atoms with van der Waals surface area (Å²) in [5.41, 5.74) is 6.29. The summed E-state index contributed by atoms with van der Waals surface area (Å²) in [6.07, 6.45) is 6.32. The number of rotatable bonds is 10. The molecule has 3 heteroatoms. The predicted molar refractivity (Wildman–Crippen MR) is 132 cm³/mol. The molecule has 160 valence electrons. The van der Waals surface area contributed by atoms with Crippen molar-refractivity contribution in [2.75, 3.05) is 39.6 Å². The first kappa shape index (κ1) is 23.5. The quantitative estimate of drug-likeness (QED) is 0.458. The average Bonchev–Trinajstić information content (AvgIpc) is 2.75. The molecule has 2 rings (SSSR count). The minimum atomic E-state index is 0.294. The summed E-state index contributed by atoms with van der Waals surface area (Å²) in [5.74, 6) is 0. The summed E-state index contributed by atoms with van der Waals surface area (Å²) in [7, 11) is 8.27. The Labute approximate surface area is 183 Å². The van der Waals surface area contributed by atoms with E-state index in [1.54, 1.807) is 0 Å². The maximum absolute atomic E-state index is 4.06. The Morgan fingerprint density at radius 2 is 1.57 bits per heavy atom. The van der Waals surface area contributed by atoms with Crippen molar-refractivity contribution in [1.29, 1.82) is 0 Å². The fraction of sp³-hybridized carbons (Fsp3) is 0.333. The molecular weight excluding hydrogens is 366 g/mol. The number of anilines is 1. The third-order valence-corrected chi connectivity index (χ3v) is 5.56. The summed E-state index contributed by atoms with van der Waals surface area (Å²) in [5, 5.41) is 0. The Bertz CT molecular complexity index is 845. The molecule has 0 heterocycles. The summed E-state index contributed by atoms with van der Waals surface area (Å²) < 4.78 is 0. The van der Waals surface area contributed by atoms with Crippen LogP contribution in [0.1, 0.15) is 31.0 Å². The topological polar surface area (TPSA) is 9.72 Å². The van der Waals surface area contributed by atoms with Crippen LogP contribution in [0, 0.1) is 0 Å². The zero-order valence-electron chi connectivity index (χ0n) is 19.5. The molecule has 0 spiro atoms. The lowest BCUT2D eigenvalue weighted by atomic mass is 10.0. The van der Waals surface area contributed by atoms with Gasteiger partial charge in [0.15, 0.2) is 0 Å². The van der Waals surface area contributed by atoms with Crippen LogP contribution in [-0.2, 0) is 6.54 Å². The van der Waals surface area contributed by atoms with Gasteiger partial charge in [0.1, 0.15) is 0 Å². The van der Waals surface area contributed by atoms with Gasteiger partial charge in [-0.1, -0.05) is 61.2 Å². The van der Waals surface area contributed by atoms with Gasteiger partial charge in [0.25, 0.3) is 0 Å². The molecule has 0 bridgehead atoms. The summed E-state index contributed by atoms with van der Waals surface area (Å²) in [4.78, 5) is 6.76. The van der Waals surface area contributed by atoms with Gasteiger partial charge in [-0.2, -0.15) is 0 Å². The van der Waals surface area contributed by atoms with E-state index in [0.29, 0.717) is 6.04 Å². The molecule has 0 aromatic heterocycles. The summed E-state index contributed by atoms with van der Waals surface area (Å²) in [6.45, 7) is 10.2. The molecule has 3 nitrogen and oxygen atoms in total. The van der Waals surface area contributed by atoms with Gasteiger partial charge in [0.05, 0.1) is 0 Å². The smallest absolute Gasteiger partial charge is 0.0361 e. The van der Waals surface area contributed by atoms with Crippen molar-refractivity contribution in [3.8, 4) is 0 Å². The van der Waals surface area contributed by atoms with Gasteiger partial charge >= 0.3 is 0 Å². The second kappa shape index (κ2) is 11.4. The highest BCUT2D eigenvalue weighted by molar-refractivity contribution is 5.46. The molecule has 2 aromatic carbocycles. The number of nitrogens with zero attached hydrogens (tertiary/aromatic N) is 3. The fourth-order valence-electron chi connectivity index (χ4n) is 3.20. The van der Waals surface area contributed by atoms with Crippen LogP contribution in [0.15, 0.2) is 90.7 Å². The van der Waals surface area contributed by atoms with E-state index in [9.17, 15) is 0 Å². The first-order chi connectivity index (χ1) is 14.3. The largest absolute Gasteiger partial charge is 0.381 e. The monoisotopic (exact) mass is 403 g/mol. The second-order valence-electron chi connectivity index (χ2n) is 8.20. The lowest BCUT2D eigenvalue weighted by Crippen LogP contribution is -2.28. The Morgan fingerprint density at radius 3 is 2.10 bits per heavy atom. The van der Waals surface area contributed by atoms with E-state index in [-0.39, 0.29) is 0 Å². The van der Waals surface area contributed by atoms with Crippen molar-refractivity contribution in [3.05, 3.63) is 102 Å². The average molecular weight is 404 g/mol. The van der Waals surface area contributed by atoms with E-state index in [0.717, 1.165) is 13.1 Å². The summed E-state index contributed by atoms with van der Waals surface area (Å²) >= 11 is 0. The molecule has 0 radical (unpaired) electrons. The number of benzene rings is 2. The Morgan fingerprint density at radius 1 is 0.933 bits per heavy atom. The minimum absolute atomic E-state index is 0.294. The highest BCUT2D eigenvalue weighted by atomic mass is 15.1. The van der Waals surface area contributed by atoms with E-state index in [1.807, 2.05) is 6.08 Å². The SMILES string of the molecule is C=C/C(=C\C=C(/C)N(C)C)CN(Cc1ccc(N(C)C)cc1)C(C)c1ccccc1. The molecule has 0 saturated carbocycles. The maximum Gasteiger partial charge on any atom is 0.0361 e. The summed E-state index contributed by atoms with van der Waals surface area (Å²) in [6, 6.07) is 19.8. The number of allylic oxidation sites excluding steroid dienone is 3. The van der Waals surface area contributed by atoms with Crippen LogP contribution in [0.2, 0.25) is 0 Å². The van der Waals surface area contributed by atoms with Crippen LogP contribution >= 0.6 is 0 Å². The highest BCUT2D eigenvalue weighted by Crippen LogP contribution is 2.24. The number of hydrogen-bond acceptors (Lipinski definition) is 3. The molecule has 1 atom stereocenters. The van der Waals surface area contributed by atoms with Gasteiger partial charge < -0.3 is 9.80 Å². The second-order valence-corrected chi connectivity index (χ2v) is 8.20. The molecule has 0 aliphatic heterocycles. The highest BCUT2D eigenvalue weighted by Gasteiger charge is 2.17. The maximum atomic E-state index is 4.06. The minimum Gasteiger partial charge on any atom is -0.381 e. The van der Waals surface area contributed by atoms with Crippen molar-refractivity contribution >= 4 is 5.69 Å². The molecule has 0 fully saturated rings. The van der Waals surface area contributed by atoms with Crippen LogP contribution in [0.5, 0.6) is 0 Å². The van der Waals surface area contributed by atoms with Crippen LogP contribution in [0.25, 0.3) is 0 Å². The molecule has 0 aliphatic carbocycles. The number of hydrogen-bond donors (Lipinski definition) is 0. The molecule has 2 aromatic rings. The van der Waals surface area contributed by atoms with Crippen molar-refractivity contribution in [3.63, 3.8) is 0 Å². The standard InChI is InChI=1S/C27H37N3/c1-8-24(15-14-22(2)28(4)5)20-30(23(3)26-12-10-9-11-13-26)21-25-16-18-27(19-17-25)29(6)7/h8-19,23H,1,20-21H2,2-7H3/b22-14+,24-15+. The van der Waals surface area contributed by atoms with Crippen molar-refractivity contribution in [1.82, 2.24) is 9.80 Å². The van der Waals surface area contributed by atoms with Crippen LogP contribution in [0.3, 0.4) is 0 Å². The van der Waals surface area contributed by atoms with Gasteiger partial charge in [0.2, 0.25) is 0 Å². The van der Waals surface area contributed by atoms with E-state index < -0.39 is 0 Å². The molecule has 0 amide bonds. The Hall–Kier alpha value is -2.78. The molecule has 1 unspecified atom stereocenters. The Kier molecular flexibility index (Phi) is 8.94. The van der Waals surface area contributed by atoms with Crippen LogP contribution in [-0.4, -0.2) is 44.5 Å². The zero-order chi connectivity index (χ0) is 22.1. The predicted octanol–water partition coefficient (Wildman–Crippen LogP) is 5.89.